The van der Waals surface area contributed by atoms with Gasteiger partial charge in [-0.1, -0.05) is 0 Å². The molecule has 0 bridgehead atoms. The second-order valence-electron chi connectivity index (χ2n) is 7.33. The van der Waals surface area contributed by atoms with Crippen LogP contribution in [-0.2, 0) is 12.8 Å². The van der Waals surface area contributed by atoms with Gasteiger partial charge in [-0.05, 0) is 66.9 Å². The SMILES string of the molecule is COc1ccc(Nc2ncc3c(n2)CCc2cnc(Nc4ccc(OC)cc4)nc2-3)cc1. The largest absolute Gasteiger partial charge is 0.497 e. The first kappa shape index (κ1) is 19.7. The molecule has 2 N–H and O–H groups in total. The predicted octanol–water partition coefficient (Wildman–Crippen LogP) is 4.54. The van der Waals surface area contributed by atoms with Crippen LogP contribution in [-0.4, -0.2) is 34.2 Å². The van der Waals surface area contributed by atoms with E-state index in [0.717, 1.165) is 58.2 Å². The zero-order valence-corrected chi connectivity index (χ0v) is 17.8. The van der Waals surface area contributed by atoms with Crippen LogP contribution in [0.4, 0.5) is 23.3 Å². The van der Waals surface area contributed by atoms with Crippen molar-refractivity contribution in [2.24, 2.45) is 0 Å². The molecule has 0 unspecified atom stereocenters. The quantitative estimate of drug-likeness (QED) is 0.464. The molecule has 0 fully saturated rings. The number of anilines is 4. The van der Waals surface area contributed by atoms with E-state index in [4.69, 9.17) is 19.4 Å². The number of hydrogen-bond acceptors (Lipinski definition) is 8. The van der Waals surface area contributed by atoms with Crippen LogP contribution in [0.3, 0.4) is 0 Å². The second kappa shape index (κ2) is 8.50. The van der Waals surface area contributed by atoms with Crippen molar-refractivity contribution in [2.45, 2.75) is 12.8 Å². The van der Waals surface area contributed by atoms with Crippen LogP contribution in [0, 0.1) is 0 Å². The summed E-state index contributed by atoms with van der Waals surface area (Å²) in [6, 6.07) is 15.3. The number of aryl methyl sites for hydroxylation is 2. The fourth-order valence-electron chi connectivity index (χ4n) is 3.61. The lowest BCUT2D eigenvalue weighted by Gasteiger charge is -2.19. The van der Waals surface area contributed by atoms with Crippen LogP contribution in [0.1, 0.15) is 11.3 Å². The van der Waals surface area contributed by atoms with Crippen molar-refractivity contribution in [1.82, 2.24) is 19.9 Å². The standard InChI is InChI=1S/C24H22N6O2/c1-31-18-8-4-16(5-9-18)27-23-26-14-20-21(29-23)12-3-15-13-25-24(30-22(15)20)28-17-6-10-19(32-2)11-7-17/h4-11,13-14H,3,12H2,1-2H3,(H,25,28,30)(H,26,27,29). The topological polar surface area (TPSA) is 94.1 Å². The lowest BCUT2D eigenvalue weighted by Crippen LogP contribution is -2.12. The third-order valence-corrected chi connectivity index (χ3v) is 5.31. The molecule has 32 heavy (non-hydrogen) atoms. The van der Waals surface area contributed by atoms with E-state index >= 15 is 0 Å². The van der Waals surface area contributed by atoms with Gasteiger partial charge in [-0.25, -0.2) is 19.9 Å². The Kier molecular flexibility index (Phi) is 5.25. The molecule has 0 aliphatic heterocycles. The van der Waals surface area contributed by atoms with Gasteiger partial charge in [0.05, 0.1) is 25.6 Å². The van der Waals surface area contributed by atoms with Crippen LogP contribution in [0.25, 0.3) is 11.3 Å². The molecule has 4 aromatic rings. The van der Waals surface area contributed by atoms with E-state index in [-0.39, 0.29) is 0 Å². The summed E-state index contributed by atoms with van der Waals surface area (Å²) in [5, 5.41) is 6.50. The van der Waals surface area contributed by atoms with Gasteiger partial charge in [0.25, 0.3) is 0 Å². The van der Waals surface area contributed by atoms with E-state index in [1.54, 1.807) is 14.2 Å². The molecule has 2 aromatic carbocycles. The fourth-order valence-corrected chi connectivity index (χ4v) is 3.61. The Bertz CT molecular complexity index is 1240. The molecule has 5 rings (SSSR count). The molecule has 0 saturated carbocycles. The maximum atomic E-state index is 5.21. The molecular formula is C24H22N6O2. The normalized spacial score (nSPS) is 11.8. The number of hydrogen-bond donors (Lipinski definition) is 2. The Labute approximate surface area is 185 Å². The Morgan fingerprint density at radius 2 is 1.25 bits per heavy atom. The van der Waals surface area contributed by atoms with E-state index < -0.39 is 0 Å². The molecule has 160 valence electrons. The Balaban J connectivity index is 1.38. The monoisotopic (exact) mass is 426 g/mol. The maximum absolute atomic E-state index is 5.21. The smallest absolute Gasteiger partial charge is 0.227 e. The summed E-state index contributed by atoms with van der Waals surface area (Å²) in [6.07, 6.45) is 5.36. The van der Waals surface area contributed by atoms with E-state index in [1.165, 1.54) is 0 Å². The Morgan fingerprint density at radius 3 is 1.84 bits per heavy atom. The summed E-state index contributed by atoms with van der Waals surface area (Å²) in [6.45, 7) is 0. The second-order valence-corrected chi connectivity index (χ2v) is 7.33. The number of aromatic nitrogens is 4. The number of benzene rings is 2. The summed E-state index contributed by atoms with van der Waals surface area (Å²) < 4.78 is 10.4. The minimum absolute atomic E-state index is 0.530. The van der Waals surface area contributed by atoms with Gasteiger partial charge in [-0.3, -0.25) is 0 Å². The van der Waals surface area contributed by atoms with Gasteiger partial charge < -0.3 is 20.1 Å². The molecule has 2 heterocycles. The molecule has 0 radical (unpaired) electrons. The molecule has 0 amide bonds. The summed E-state index contributed by atoms with van der Waals surface area (Å²) in [4.78, 5) is 18.5. The highest BCUT2D eigenvalue weighted by Gasteiger charge is 2.21. The minimum atomic E-state index is 0.530. The molecule has 8 heteroatoms. The third-order valence-electron chi connectivity index (χ3n) is 5.31. The van der Waals surface area contributed by atoms with Gasteiger partial charge in [0.1, 0.15) is 11.5 Å². The molecule has 1 aliphatic rings. The number of ether oxygens (including phenoxy) is 2. The lowest BCUT2D eigenvalue weighted by atomic mass is 9.95. The highest BCUT2D eigenvalue weighted by Crippen LogP contribution is 2.32. The van der Waals surface area contributed by atoms with Gasteiger partial charge >= 0.3 is 0 Å². The molecule has 1 aliphatic carbocycles. The number of rotatable bonds is 6. The van der Waals surface area contributed by atoms with Crippen molar-refractivity contribution in [2.75, 3.05) is 24.9 Å². The minimum Gasteiger partial charge on any atom is -0.497 e. The third kappa shape index (κ3) is 4.02. The average Bonchev–Trinajstić information content (AvgIpc) is 2.85. The van der Waals surface area contributed by atoms with Gasteiger partial charge in [0.15, 0.2) is 0 Å². The van der Waals surface area contributed by atoms with Gasteiger partial charge in [0.2, 0.25) is 11.9 Å². The van der Waals surface area contributed by atoms with Crippen LogP contribution >= 0.6 is 0 Å². The molecule has 8 nitrogen and oxygen atoms in total. The van der Waals surface area contributed by atoms with Crippen molar-refractivity contribution in [3.63, 3.8) is 0 Å². The zero-order chi connectivity index (χ0) is 21.9. The van der Waals surface area contributed by atoms with Crippen molar-refractivity contribution in [1.29, 1.82) is 0 Å². The first-order chi connectivity index (χ1) is 15.7. The highest BCUT2D eigenvalue weighted by atomic mass is 16.5. The number of methoxy groups -OCH3 is 2. The van der Waals surface area contributed by atoms with Crippen molar-refractivity contribution < 1.29 is 9.47 Å². The molecular weight excluding hydrogens is 404 g/mol. The van der Waals surface area contributed by atoms with Crippen LogP contribution < -0.4 is 20.1 Å². The van der Waals surface area contributed by atoms with Crippen LogP contribution in [0.2, 0.25) is 0 Å². The molecule has 0 atom stereocenters. The molecule has 2 aromatic heterocycles. The number of nitrogens with one attached hydrogen (secondary N) is 2. The van der Waals surface area contributed by atoms with E-state index in [1.807, 2.05) is 60.9 Å². The summed E-state index contributed by atoms with van der Waals surface area (Å²) in [5.74, 6) is 2.69. The Hall–Kier alpha value is -4.20. The first-order valence-corrected chi connectivity index (χ1v) is 10.3. The molecule has 0 spiro atoms. The van der Waals surface area contributed by atoms with Crippen molar-refractivity contribution >= 4 is 23.3 Å². The molecule has 0 saturated heterocycles. The number of fused-ring (bicyclic) bond motifs is 3. The van der Waals surface area contributed by atoms with Gasteiger partial charge in [-0.2, -0.15) is 0 Å². The first-order valence-electron chi connectivity index (χ1n) is 10.3. The van der Waals surface area contributed by atoms with E-state index in [0.29, 0.717) is 11.9 Å². The number of nitrogens with zero attached hydrogens (tertiary/aromatic N) is 4. The average molecular weight is 426 g/mol. The zero-order valence-electron chi connectivity index (χ0n) is 17.8. The highest BCUT2D eigenvalue weighted by molar-refractivity contribution is 5.70. The van der Waals surface area contributed by atoms with Gasteiger partial charge in [-0.15, -0.1) is 0 Å². The Morgan fingerprint density at radius 1 is 0.688 bits per heavy atom. The van der Waals surface area contributed by atoms with Crippen LogP contribution in [0.15, 0.2) is 60.9 Å². The summed E-state index contributed by atoms with van der Waals surface area (Å²) >= 11 is 0. The van der Waals surface area contributed by atoms with Gasteiger partial charge in [0, 0.05) is 29.3 Å². The fraction of sp³-hybridized carbons (Fsp3) is 0.167. The van der Waals surface area contributed by atoms with Crippen molar-refractivity contribution in [3.8, 4) is 22.8 Å². The predicted molar refractivity (Wildman–Crippen MR) is 123 cm³/mol. The maximum Gasteiger partial charge on any atom is 0.227 e. The van der Waals surface area contributed by atoms with E-state index in [2.05, 4.69) is 20.6 Å². The summed E-state index contributed by atoms with van der Waals surface area (Å²) in [7, 11) is 3.29. The van der Waals surface area contributed by atoms with E-state index in [9.17, 15) is 0 Å². The van der Waals surface area contributed by atoms with Crippen LogP contribution in [0.5, 0.6) is 11.5 Å². The van der Waals surface area contributed by atoms with Crippen molar-refractivity contribution in [3.05, 3.63) is 72.2 Å². The lowest BCUT2D eigenvalue weighted by molar-refractivity contribution is 0.415. The summed E-state index contributed by atoms with van der Waals surface area (Å²) in [5.41, 5.74) is 5.65.